The van der Waals surface area contributed by atoms with E-state index in [1.54, 1.807) is 0 Å². The fourth-order valence-corrected chi connectivity index (χ4v) is 5.83. The first kappa shape index (κ1) is 22.9. The Morgan fingerprint density at radius 3 is 1.42 bits per heavy atom. The molecule has 2 fully saturated rings. The van der Waals surface area contributed by atoms with E-state index in [9.17, 15) is 0 Å². The molecule has 0 radical (unpaired) electrons. The molecule has 0 bridgehead atoms. The third kappa shape index (κ3) is 4.60. The lowest BCUT2D eigenvalue weighted by Crippen LogP contribution is -3.00. The number of likely N-dealkylation sites (N-methyl/N-ethyl adjacent to an activating group) is 2. The molecule has 3 heterocycles. The van der Waals surface area contributed by atoms with Crippen LogP contribution in [0.1, 0.15) is 11.1 Å². The Bertz CT molecular complexity index is 1010. The molecular formula is C24H32IN5S. The number of hydrogen-bond acceptors (Lipinski definition) is 5. The number of nitrogens with zero attached hydrogens (tertiary/aromatic N) is 5. The van der Waals surface area contributed by atoms with E-state index in [1.165, 1.54) is 31.9 Å². The van der Waals surface area contributed by atoms with Gasteiger partial charge >= 0.3 is 0 Å². The first-order valence-electron chi connectivity index (χ1n) is 11.0. The summed E-state index contributed by atoms with van der Waals surface area (Å²) >= 11 is 1.90. The van der Waals surface area contributed by atoms with E-state index >= 15 is 0 Å². The number of rotatable bonds is 2. The highest BCUT2D eigenvalue weighted by Crippen LogP contribution is 2.35. The molecule has 2 aromatic carbocycles. The van der Waals surface area contributed by atoms with Crippen LogP contribution in [0, 0.1) is 13.8 Å². The largest absolute Gasteiger partial charge is 1.00 e. The molecule has 0 atom stereocenters. The smallest absolute Gasteiger partial charge is 0.259 e. The van der Waals surface area contributed by atoms with E-state index in [-0.39, 0.29) is 24.0 Å². The standard InChI is InChI=1S/C24H32N5S.HI/c1-17-13-19(28-9-5-26(3)6-10-28)15-21-23(17)25-24-18(2)14-20(16-22(24)30-21)29-11-7-27(4)8-12-29;/h13-16H,5-12H2,1-4H3;1H/q+1;/p-1. The zero-order chi connectivity index (χ0) is 20.8. The van der Waals surface area contributed by atoms with Crippen molar-refractivity contribution < 1.29 is 24.0 Å². The fraction of sp³-hybridized carbons (Fsp3) is 0.500. The lowest BCUT2D eigenvalue weighted by Gasteiger charge is -2.34. The highest BCUT2D eigenvalue weighted by Gasteiger charge is 2.23. The number of aryl methyl sites for hydroxylation is 2. The third-order valence-electron chi connectivity index (χ3n) is 6.68. The topological polar surface area (TPSA) is 25.9 Å². The van der Waals surface area contributed by atoms with Gasteiger partial charge in [-0.15, -0.1) is 0 Å². The molecule has 3 aromatic rings. The molecule has 166 valence electrons. The number of aromatic nitrogens is 1. The number of benzene rings is 2. The quantitative estimate of drug-likeness (QED) is 0.269. The Balaban J connectivity index is 0.00000231. The van der Waals surface area contributed by atoms with Crippen LogP contribution in [-0.4, -0.2) is 81.2 Å². The van der Waals surface area contributed by atoms with Crippen LogP contribution in [0.2, 0.25) is 0 Å². The van der Waals surface area contributed by atoms with Gasteiger partial charge in [-0.25, -0.2) is 4.98 Å². The monoisotopic (exact) mass is 549 g/mol. The molecule has 7 heteroatoms. The average molecular weight is 550 g/mol. The van der Waals surface area contributed by atoms with E-state index in [0.29, 0.717) is 0 Å². The molecule has 5 rings (SSSR count). The van der Waals surface area contributed by atoms with Crippen LogP contribution in [0.25, 0.3) is 20.4 Å². The molecule has 1 aromatic heterocycles. The molecule has 0 unspecified atom stereocenters. The van der Waals surface area contributed by atoms with Crippen molar-refractivity contribution in [3.63, 3.8) is 0 Å². The van der Waals surface area contributed by atoms with E-state index in [1.807, 2.05) is 11.3 Å². The van der Waals surface area contributed by atoms with Gasteiger partial charge in [-0.3, -0.25) is 0 Å². The predicted molar refractivity (Wildman–Crippen MR) is 130 cm³/mol. The summed E-state index contributed by atoms with van der Waals surface area (Å²) in [5.41, 5.74) is 7.56. The summed E-state index contributed by atoms with van der Waals surface area (Å²) in [5, 5.41) is 0. The van der Waals surface area contributed by atoms with Gasteiger partial charge in [0.25, 0.3) is 9.40 Å². The molecule has 0 saturated carbocycles. The van der Waals surface area contributed by atoms with Crippen molar-refractivity contribution in [2.45, 2.75) is 13.8 Å². The SMILES string of the molecule is Cc1cc(N2CCN(C)CC2)cc2[s+]c3cc(N4CCN(C)CC4)cc(C)c3nc12.[I-]. The van der Waals surface area contributed by atoms with Gasteiger partial charge in [0.15, 0.2) is 0 Å². The van der Waals surface area contributed by atoms with Crippen LogP contribution in [0.3, 0.4) is 0 Å². The molecule has 2 saturated heterocycles. The zero-order valence-corrected chi connectivity index (χ0v) is 22.0. The molecule has 0 spiro atoms. The van der Waals surface area contributed by atoms with E-state index in [0.717, 1.165) is 63.4 Å². The molecule has 2 aliphatic rings. The first-order valence-corrected chi connectivity index (χ1v) is 11.9. The van der Waals surface area contributed by atoms with Gasteiger partial charge in [0.1, 0.15) is 11.0 Å². The molecule has 31 heavy (non-hydrogen) atoms. The number of fused-ring (bicyclic) bond motifs is 2. The summed E-state index contributed by atoms with van der Waals surface area (Å²) in [6.07, 6.45) is 0. The summed E-state index contributed by atoms with van der Waals surface area (Å²) in [4.78, 5) is 15.0. The van der Waals surface area contributed by atoms with Crippen LogP contribution in [0.4, 0.5) is 11.4 Å². The maximum absolute atomic E-state index is 5.13. The predicted octanol–water partition coefficient (Wildman–Crippen LogP) is 0.855. The van der Waals surface area contributed by atoms with Crippen LogP contribution in [0.5, 0.6) is 0 Å². The number of piperazine rings is 2. The van der Waals surface area contributed by atoms with Crippen LogP contribution in [-0.2, 0) is 0 Å². The van der Waals surface area contributed by atoms with E-state index in [4.69, 9.17) is 4.98 Å². The van der Waals surface area contributed by atoms with E-state index < -0.39 is 0 Å². The Morgan fingerprint density at radius 2 is 1.03 bits per heavy atom. The lowest BCUT2D eigenvalue weighted by molar-refractivity contribution is -0.00000611. The van der Waals surface area contributed by atoms with Crippen molar-refractivity contribution in [3.8, 4) is 0 Å². The zero-order valence-electron chi connectivity index (χ0n) is 19.0. The fourth-order valence-electron chi connectivity index (χ4n) is 4.62. The maximum Gasteiger partial charge on any atom is 0.259 e. The van der Waals surface area contributed by atoms with Crippen LogP contribution in [0.15, 0.2) is 24.3 Å². The Morgan fingerprint density at radius 1 is 0.645 bits per heavy atom. The first-order chi connectivity index (χ1) is 14.5. The van der Waals surface area contributed by atoms with Gasteiger partial charge in [0.05, 0.1) is 0 Å². The van der Waals surface area contributed by atoms with Crippen LogP contribution >= 0.6 is 11.3 Å². The Hall–Kier alpha value is -1.29. The van der Waals surface area contributed by atoms with Gasteiger partial charge in [-0.2, -0.15) is 0 Å². The minimum Gasteiger partial charge on any atom is -1.00 e. The second kappa shape index (κ2) is 9.29. The normalized spacial score (nSPS) is 18.6. The second-order valence-corrected chi connectivity index (χ2v) is 10.1. The summed E-state index contributed by atoms with van der Waals surface area (Å²) in [6, 6.07) is 9.38. The highest BCUT2D eigenvalue weighted by atomic mass is 127. The molecule has 0 amide bonds. The van der Waals surface area contributed by atoms with Gasteiger partial charge in [-0.1, -0.05) is 0 Å². The van der Waals surface area contributed by atoms with Gasteiger partial charge < -0.3 is 43.6 Å². The minimum atomic E-state index is 0. The van der Waals surface area contributed by atoms with Crippen LogP contribution < -0.4 is 33.8 Å². The van der Waals surface area contributed by atoms with Crippen molar-refractivity contribution in [1.29, 1.82) is 0 Å². The van der Waals surface area contributed by atoms with Gasteiger partial charge in [-0.05, 0) is 51.2 Å². The average Bonchev–Trinajstić information content (AvgIpc) is 2.73. The van der Waals surface area contributed by atoms with Crippen molar-refractivity contribution in [2.24, 2.45) is 0 Å². The molecular weight excluding hydrogens is 517 g/mol. The number of anilines is 2. The molecule has 2 aliphatic heterocycles. The number of hydrogen-bond donors (Lipinski definition) is 0. The van der Waals surface area contributed by atoms with Gasteiger partial charge in [0, 0.05) is 75.9 Å². The summed E-state index contributed by atoms with van der Waals surface area (Å²) in [7, 11) is 4.42. The van der Waals surface area contributed by atoms with Crippen molar-refractivity contribution in [2.75, 3.05) is 76.3 Å². The maximum atomic E-state index is 5.13. The summed E-state index contributed by atoms with van der Waals surface area (Å²) in [6.45, 7) is 13.3. The minimum absolute atomic E-state index is 0. The van der Waals surface area contributed by atoms with Crippen molar-refractivity contribution in [1.82, 2.24) is 14.8 Å². The lowest BCUT2D eigenvalue weighted by atomic mass is 10.1. The van der Waals surface area contributed by atoms with Crippen molar-refractivity contribution >= 4 is 43.1 Å². The Labute approximate surface area is 206 Å². The second-order valence-electron chi connectivity index (χ2n) is 9.01. The van der Waals surface area contributed by atoms with E-state index in [2.05, 4.69) is 71.8 Å². The summed E-state index contributed by atoms with van der Waals surface area (Å²) < 4.78 is 2.60. The van der Waals surface area contributed by atoms with Crippen molar-refractivity contribution in [3.05, 3.63) is 35.4 Å². The number of halogens is 1. The summed E-state index contributed by atoms with van der Waals surface area (Å²) in [5.74, 6) is 0. The molecule has 0 aliphatic carbocycles. The molecule has 0 N–H and O–H groups in total. The third-order valence-corrected chi connectivity index (χ3v) is 7.74. The molecule has 5 nitrogen and oxygen atoms in total. The van der Waals surface area contributed by atoms with Gasteiger partial charge in [0.2, 0.25) is 11.3 Å². The Kier molecular flexibility index (Phi) is 6.86. The highest BCUT2D eigenvalue weighted by molar-refractivity contribution is 7.24.